The van der Waals surface area contributed by atoms with Crippen LogP contribution in [-0.2, 0) is 9.59 Å². The number of carbonyl (C=O) groups is 2. The van der Waals surface area contributed by atoms with E-state index in [4.69, 9.17) is 0 Å². The molecule has 114 valence electrons. The zero-order chi connectivity index (χ0) is 15.5. The maximum atomic E-state index is 13.0. The van der Waals surface area contributed by atoms with Crippen LogP contribution in [0.5, 0.6) is 0 Å². The van der Waals surface area contributed by atoms with E-state index in [1.54, 1.807) is 0 Å². The van der Waals surface area contributed by atoms with Gasteiger partial charge in [0, 0.05) is 18.5 Å². The average molecular weight is 288 g/mol. The van der Waals surface area contributed by atoms with E-state index in [1.165, 1.54) is 0 Å². The molecule has 1 heterocycles. The number of amides is 2. The summed E-state index contributed by atoms with van der Waals surface area (Å²) in [7, 11) is 0. The van der Waals surface area contributed by atoms with Crippen molar-refractivity contribution in [1.82, 2.24) is 10.2 Å². The van der Waals surface area contributed by atoms with Crippen molar-refractivity contribution >= 4 is 11.8 Å². The lowest BCUT2D eigenvalue weighted by molar-refractivity contribution is -0.139. The molecule has 0 aliphatic carbocycles. The third kappa shape index (κ3) is 3.09. The van der Waals surface area contributed by atoms with Gasteiger partial charge in [-0.1, -0.05) is 44.2 Å². The molecule has 2 amide bonds. The molecular formula is C17H24N2O2. The Morgan fingerprint density at radius 2 is 1.81 bits per heavy atom. The molecule has 0 aromatic heterocycles. The molecule has 0 bridgehead atoms. The summed E-state index contributed by atoms with van der Waals surface area (Å²) in [6.45, 7) is 6.78. The Balaban J connectivity index is 2.37. The molecule has 1 aromatic carbocycles. The highest BCUT2D eigenvalue weighted by molar-refractivity contribution is 5.91. The Kier molecular flexibility index (Phi) is 4.66. The zero-order valence-electron chi connectivity index (χ0n) is 13.1. The summed E-state index contributed by atoms with van der Waals surface area (Å²) < 4.78 is 0. The second-order valence-electron chi connectivity index (χ2n) is 5.86. The quantitative estimate of drug-likeness (QED) is 0.926. The normalized spacial score (nSPS) is 20.1. The molecule has 1 saturated heterocycles. The minimum Gasteiger partial charge on any atom is -0.340 e. The standard InChI is InChI=1S/C17H24N2O2/c1-4-17(3,5-2)19-12-11-14(20)18-15(16(19)21)13-9-7-6-8-10-13/h6-10,15H,4-5,11-12H2,1-3H3,(H,18,20). The predicted octanol–water partition coefficient (Wildman–Crippen LogP) is 2.65. The molecule has 1 atom stereocenters. The minimum atomic E-state index is -0.571. The summed E-state index contributed by atoms with van der Waals surface area (Å²) in [4.78, 5) is 26.8. The summed E-state index contributed by atoms with van der Waals surface area (Å²) in [6, 6.07) is 8.90. The molecular weight excluding hydrogens is 264 g/mol. The fourth-order valence-corrected chi connectivity index (χ4v) is 2.81. The topological polar surface area (TPSA) is 49.4 Å². The van der Waals surface area contributed by atoms with Crippen LogP contribution in [0.25, 0.3) is 0 Å². The van der Waals surface area contributed by atoms with E-state index in [2.05, 4.69) is 26.1 Å². The van der Waals surface area contributed by atoms with E-state index >= 15 is 0 Å². The number of nitrogens with one attached hydrogen (secondary N) is 1. The van der Waals surface area contributed by atoms with Crippen molar-refractivity contribution in [2.24, 2.45) is 0 Å². The van der Waals surface area contributed by atoms with Crippen LogP contribution >= 0.6 is 0 Å². The second kappa shape index (κ2) is 6.29. The molecule has 1 aromatic rings. The first-order chi connectivity index (χ1) is 10.0. The smallest absolute Gasteiger partial charge is 0.250 e. The van der Waals surface area contributed by atoms with Gasteiger partial charge in [0.25, 0.3) is 0 Å². The summed E-state index contributed by atoms with van der Waals surface area (Å²) in [5.74, 6) is -0.0625. The molecule has 1 aliphatic heterocycles. The highest BCUT2D eigenvalue weighted by Gasteiger charge is 2.39. The SMILES string of the molecule is CCC(C)(CC)N1CCC(=O)NC(c2ccccc2)C1=O. The van der Waals surface area contributed by atoms with Crippen molar-refractivity contribution in [3.05, 3.63) is 35.9 Å². The fraction of sp³-hybridized carbons (Fsp3) is 0.529. The van der Waals surface area contributed by atoms with Crippen molar-refractivity contribution in [2.75, 3.05) is 6.54 Å². The Morgan fingerprint density at radius 3 is 2.38 bits per heavy atom. The minimum absolute atomic E-state index is 0.00162. The molecule has 4 heteroatoms. The van der Waals surface area contributed by atoms with Crippen LogP contribution in [0.4, 0.5) is 0 Å². The molecule has 4 nitrogen and oxygen atoms in total. The van der Waals surface area contributed by atoms with Crippen LogP contribution < -0.4 is 5.32 Å². The van der Waals surface area contributed by atoms with Gasteiger partial charge in [0.05, 0.1) is 0 Å². The Morgan fingerprint density at radius 1 is 1.19 bits per heavy atom. The number of carbonyl (C=O) groups excluding carboxylic acids is 2. The van der Waals surface area contributed by atoms with E-state index in [1.807, 2.05) is 35.2 Å². The highest BCUT2D eigenvalue weighted by Crippen LogP contribution is 2.29. The number of nitrogens with zero attached hydrogens (tertiary/aromatic N) is 1. The first kappa shape index (κ1) is 15.5. The Hall–Kier alpha value is -1.84. The first-order valence-corrected chi connectivity index (χ1v) is 7.67. The number of benzene rings is 1. The van der Waals surface area contributed by atoms with Crippen molar-refractivity contribution < 1.29 is 9.59 Å². The third-order valence-electron chi connectivity index (χ3n) is 4.69. The molecule has 0 saturated carbocycles. The van der Waals surface area contributed by atoms with E-state index in [-0.39, 0.29) is 17.4 Å². The lowest BCUT2D eigenvalue weighted by Crippen LogP contribution is -2.51. The van der Waals surface area contributed by atoms with Gasteiger partial charge in [-0.05, 0) is 25.3 Å². The Bertz CT molecular complexity index is 509. The Labute approximate surface area is 126 Å². The van der Waals surface area contributed by atoms with Gasteiger partial charge in [-0.3, -0.25) is 9.59 Å². The van der Waals surface area contributed by atoms with Gasteiger partial charge >= 0.3 is 0 Å². The van der Waals surface area contributed by atoms with Gasteiger partial charge in [-0.2, -0.15) is 0 Å². The van der Waals surface area contributed by atoms with Gasteiger partial charge in [0.1, 0.15) is 6.04 Å². The van der Waals surface area contributed by atoms with Crippen molar-refractivity contribution in [2.45, 2.75) is 51.6 Å². The van der Waals surface area contributed by atoms with E-state index in [0.29, 0.717) is 13.0 Å². The summed E-state index contributed by atoms with van der Waals surface area (Å²) in [5, 5.41) is 2.87. The van der Waals surface area contributed by atoms with Crippen LogP contribution in [0.3, 0.4) is 0 Å². The summed E-state index contributed by atoms with van der Waals surface area (Å²) in [5.41, 5.74) is 0.647. The number of hydrogen-bond acceptors (Lipinski definition) is 2. The molecule has 0 radical (unpaired) electrons. The van der Waals surface area contributed by atoms with E-state index < -0.39 is 6.04 Å². The average Bonchev–Trinajstić information content (AvgIpc) is 2.67. The summed E-state index contributed by atoms with van der Waals surface area (Å²) in [6.07, 6.45) is 2.13. The fourth-order valence-electron chi connectivity index (χ4n) is 2.81. The monoisotopic (exact) mass is 288 g/mol. The van der Waals surface area contributed by atoms with Crippen molar-refractivity contribution in [3.63, 3.8) is 0 Å². The lowest BCUT2D eigenvalue weighted by atomic mass is 9.91. The van der Waals surface area contributed by atoms with E-state index in [0.717, 1.165) is 18.4 Å². The van der Waals surface area contributed by atoms with Gasteiger partial charge < -0.3 is 10.2 Å². The number of rotatable bonds is 4. The van der Waals surface area contributed by atoms with Crippen molar-refractivity contribution in [3.8, 4) is 0 Å². The van der Waals surface area contributed by atoms with Crippen LogP contribution in [0.1, 0.15) is 51.6 Å². The molecule has 1 aliphatic rings. The molecule has 0 spiro atoms. The van der Waals surface area contributed by atoms with Crippen molar-refractivity contribution in [1.29, 1.82) is 0 Å². The zero-order valence-corrected chi connectivity index (χ0v) is 13.1. The molecule has 1 N–H and O–H groups in total. The van der Waals surface area contributed by atoms with Crippen LogP contribution in [-0.4, -0.2) is 28.8 Å². The van der Waals surface area contributed by atoms with Crippen LogP contribution in [0, 0.1) is 0 Å². The largest absolute Gasteiger partial charge is 0.340 e. The number of hydrogen-bond donors (Lipinski definition) is 1. The van der Waals surface area contributed by atoms with Crippen LogP contribution in [0.2, 0.25) is 0 Å². The maximum absolute atomic E-state index is 13.0. The highest BCUT2D eigenvalue weighted by atomic mass is 16.2. The first-order valence-electron chi connectivity index (χ1n) is 7.67. The van der Waals surface area contributed by atoms with Crippen LogP contribution in [0.15, 0.2) is 30.3 Å². The predicted molar refractivity (Wildman–Crippen MR) is 82.6 cm³/mol. The van der Waals surface area contributed by atoms with Gasteiger partial charge in [-0.25, -0.2) is 0 Å². The molecule has 1 unspecified atom stereocenters. The maximum Gasteiger partial charge on any atom is 0.250 e. The lowest BCUT2D eigenvalue weighted by Gasteiger charge is -2.40. The third-order valence-corrected chi connectivity index (χ3v) is 4.69. The molecule has 1 fully saturated rings. The second-order valence-corrected chi connectivity index (χ2v) is 5.86. The molecule has 21 heavy (non-hydrogen) atoms. The summed E-state index contributed by atoms with van der Waals surface area (Å²) >= 11 is 0. The van der Waals surface area contributed by atoms with E-state index in [9.17, 15) is 9.59 Å². The van der Waals surface area contributed by atoms with Gasteiger partial charge in [-0.15, -0.1) is 0 Å². The van der Waals surface area contributed by atoms with Gasteiger partial charge in [0.2, 0.25) is 11.8 Å². The molecule has 2 rings (SSSR count). The van der Waals surface area contributed by atoms with Gasteiger partial charge in [0.15, 0.2) is 0 Å².